The van der Waals surface area contributed by atoms with Crippen LogP contribution >= 0.6 is 23.4 Å². The van der Waals surface area contributed by atoms with Crippen molar-refractivity contribution in [3.63, 3.8) is 0 Å². The van der Waals surface area contributed by atoms with Gasteiger partial charge in [-0.05, 0) is 66.6 Å². The molecule has 178 valence electrons. The van der Waals surface area contributed by atoms with E-state index in [0.29, 0.717) is 5.69 Å². The zero-order chi connectivity index (χ0) is 24.8. The van der Waals surface area contributed by atoms with Gasteiger partial charge in [0.15, 0.2) is 0 Å². The van der Waals surface area contributed by atoms with E-state index in [2.05, 4.69) is 28.2 Å². The molecule has 0 saturated heterocycles. The predicted molar refractivity (Wildman–Crippen MR) is 144 cm³/mol. The Labute approximate surface area is 214 Å². The Kier molecular flexibility index (Phi) is 7.80. The van der Waals surface area contributed by atoms with Crippen LogP contribution in [0.4, 0.5) is 11.4 Å². The summed E-state index contributed by atoms with van der Waals surface area (Å²) in [5.41, 5.74) is 3.30. The first-order chi connectivity index (χ1) is 16.8. The highest BCUT2D eigenvalue weighted by Gasteiger charge is 2.17. The highest BCUT2D eigenvalue weighted by molar-refractivity contribution is 7.98. The average Bonchev–Trinajstić information content (AvgIpc) is 2.85. The Balaban J connectivity index is 1.42. The molecule has 0 fully saturated rings. The molecule has 35 heavy (non-hydrogen) atoms. The molecule has 0 heterocycles. The third kappa shape index (κ3) is 6.45. The number of benzene rings is 4. The summed E-state index contributed by atoms with van der Waals surface area (Å²) in [6, 6.07) is 28.6. The third-order valence-electron chi connectivity index (χ3n) is 5.21. The molecule has 0 aliphatic carbocycles. The largest absolute Gasteiger partial charge is 0.322 e. The number of thioether (sulfide) groups is 1. The van der Waals surface area contributed by atoms with E-state index in [1.165, 1.54) is 35.2 Å². The Morgan fingerprint density at radius 2 is 1.57 bits per heavy atom. The van der Waals surface area contributed by atoms with Crippen molar-refractivity contribution >= 4 is 50.7 Å². The number of nitrogens with one attached hydrogen (secondary N) is 2. The van der Waals surface area contributed by atoms with E-state index in [-0.39, 0.29) is 27.1 Å². The fourth-order valence-electron chi connectivity index (χ4n) is 3.41. The number of amides is 1. The van der Waals surface area contributed by atoms with Crippen molar-refractivity contribution in [1.82, 2.24) is 0 Å². The van der Waals surface area contributed by atoms with Crippen molar-refractivity contribution in [1.29, 1.82) is 0 Å². The molecule has 4 aromatic carbocycles. The number of halogens is 1. The van der Waals surface area contributed by atoms with E-state index in [4.69, 9.17) is 11.6 Å². The molecule has 1 amide bonds. The first-order valence-corrected chi connectivity index (χ1v) is 13.6. The molecule has 0 aromatic heterocycles. The Hall–Kier alpha value is -3.26. The maximum Gasteiger partial charge on any atom is 0.261 e. The summed E-state index contributed by atoms with van der Waals surface area (Å²) in [6.45, 7) is 1.94. The molecule has 0 aliphatic heterocycles. The molecule has 0 radical (unpaired) electrons. The smallest absolute Gasteiger partial charge is 0.261 e. The minimum Gasteiger partial charge on any atom is -0.322 e. The number of sulfonamides is 1. The second-order valence-corrected chi connectivity index (χ2v) is 11.0. The van der Waals surface area contributed by atoms with E-state index in [1.807, 2.05) is 37.3 Å². The van der Waals surface area contributed by atoms with Gasteiger partial charge in [0.25, 0.3) is 15.9 Å². The predicted octanol–water partition coefficient (Wildman–Crippen LogP) is 6.99. The Morgan fingerprint density at radius 3 is 2.23 bits per heavy atom. The normalized spacial score (nSPS) is 11.1. The number of hydrogen-bond donors (Lipinski definition) is 2. The van der Waals surface area contributed by atoms with Crippen LogP contribution in [0.3, 0.4) is 0 Å². The lowest BCUT2D eigenvalue weighted by Crippen LogP contribution is -2.15. The maximum absolute atomic E-state index is 12.9. The number of carbonyl (C=O) groups excluding carboxylic acids is 1. The van der Waals surface area contributed by atoms with Crippen molar-refractivity contribution in [3.8, 4) is 0 Å². The highest BCUT2D eigenvalue weighted by Crippen LogP contribution is 2.27. The maximum atomic E-state index is 12.9. The van der Waals surface area contributed by atoms with Crippen molar-refractivity contribution in [2.45, 2.75) is 22.5 Å². The standard InChI is InChI=1S/C27H23ClN2O3S2/c1-19-16-20(18-34-22-8-4-2-5-9-22)12-15-26(19)29-27(31)24-14-13-21(17-25(24)28)30-35(32,33)23-10-6-3-7-11-23/h2-17,30H,18H2,1H3,(H,29,31). The topological polar surface area (TPSA) is 75.3 Å². The lowest BCUT2D eigenvalue weighted by Gasteiger charge is -2.13. The Bertz CT molecular complexity index is 1440. The van der Waals surface area contributed by atoms with Crippen LogP contribution in [0.25, 0.3) is 0 Å². The van der Waals surface area contributed by atoms with Crippen molar-refractivity contribution in [2.75, 3.05) is 10.0 Å². The number of anilines is 2. The van der Waals surface area contributed by atoms with E-state index < -0.39 is 10.0 Å². The van der Waals surface area contributed by atoms with Crippen LogP contribution < -0.4 is 10.0 Å². The van der Waals surface area contributed by atoms with Gasteiger partial charge in [0.05, 0.1) is 21.2 Å². The molecule has 0 saturated carbocycles. The van der Waals surface area contributed by atoms with Gasteiger partial charge in [0, 0.05) is 16.3 Å². The van der Waals surface area contributed by atoms with Crippen LogP contribution in [0.1, 0.15) is 21.5 Å². The average molecular weight is 523 g/mol. The summed E-state index contributed by atoms with van der Waals surface area (Å²) in [7, 11) is -3.75. The molecular formula is C27H23ClN2O3S2. The minimum absolute atomic E-state index is 0.138. The molecule has 0 atom stereocenters. The molecule has 0 spiro atoms. The summed E-state index contributed by atoms with van der Waals surface area (Å²) >= 11 is 8.08. The van der Waals surface area contributed by atoms with Gasteiger partial charge in [-0.3, -0.25) is 9.52 Å². The molecule has 0 bridgehead atoms. The van der Waals surface area contributed by atoms with Crippen LogP contribution in [0.2, 0.25) is 5.02 Å². The summed E-state index contributed by atoms with van der Waals surface area (Å²) in [5, 5.41) is 3.04. The second-order valence-electron chi connectivity index (χ2n) is 7.82. The lowest BCUT2D eigenvalue weighted by atomic mass is 10.1. The monoisotopic (exact) mass is 522 g/mol. The molecule has 0 aliphatic rings. The zero-order valence-corrected chi connectivity index (χ0v) is 21.3. The van der Waals surface area contributed by atoms with Crippen LogP contribution in [0.5, 0.6) is 0 Å². The lowest BCUT2D eigenvalue weighted by molar-refractivity contribution is 0.102. The van der Waals surface area contributed by atoms with Crippen LogP contribution in [-0.4, -0.2) is 14.3 Å². The second kappa shape index (κ2) is 11.0. The molecule has 5 nitrogen and oxygen atoms in total. The first-order valence-electron chi connectivity index (χ1n) is 10.8. The highest BCUT2D eigenvalue weighted by atomic mass is 35.5. The Morgan fingerprint density at radius 1 is 0.886 bits per heavy atom. The molecule has 8 heteroatoms. The van der Waals surface area contributed by atoms with Gasteiger partial charge in [0.2, 0.25) is 0 Å². The van der Waals surface area contributed by atoms with E-state index in [9.17, 15) is 13.2 Å². The van der Waals surface area contributed by atoms with Gasteiger partial charge in [0.1, 0.15) is 0 Å². The van der Waals surface area contributed by atoms with Gasteiger partial charge in [-0.25, -0.2) is 8.42 Å². The van der Waals surface area contributed by atoms with E-state index in [0.717, 1.165) is 16.9 Å². The van der Waals surface area contributed by atoms with Gasteiger partial charge in [-0.1, -0.05) is 60.1 Å². The summed E-state index contributed by atoms with van der Waals surface area (Å²) < 4.78 is 27.5. The third-order valence-corrected chi connectivity index (χ3v) is 8.00. The minimum atomic E-state index is -3.75. The first kappa shape index (κ1) is 24.9. The van der Waals surface area contributed by atoms with Gasteiger partial charge < -0.3 is 5.32 Å². The number of rotatable bonds is 8. The van der Waals surface area contributed by atoms with Crippen LogP contribution in [-0.2, 0) is 15.8 Å². The van der Waals surface area contributed by atoms with E-state index in [1.54, 1.807) is 30.0 Å². The number of aryl methyl sites for hydroxylation is 1. The molecule has 4 aromatic rings. The van der Waals surface area contributed by atoms with E-state index >= 15 is 0 Å². The van der Waals surface area contributed by atoms with Gasteiger partial charge >= 0.3 is 0 Å². The van der Waals surface area contributed by atoms with Gasteiger partial charge in [-0.2, -0.15) is 0 Å². The zero-order valence-electron chi connectivity index (χ0n) is 18.9. The molecule has 2 N–H and O–H groups in total. The van der Waals surface area contributed by atoms with Crippen molar-refractivity contribution < 1.29 is 13.2 Å². The van der Waals surface area contributed by atoms with Crippen LogP contribution in [0, 0.1) is 6.92 Å². The molecule has 4 rings (SSSR count). The SMILES string of the molecule is Cc1cc(CSc2ccccc2)ccc1NC(=O)c1ccc(NS(=O)(=O)c2ccccc2)cc1Cl. The molecular weight excluding hydrogens is 500 g/mol. The quantitative estimate of drug-likeness (QED) is 0.244. The van der Waals surface area contributed by atoms with Crippen LogP contribution in [0.15, 0.2) is 107 Å². The van der Waals surface area contributed by atoms with Crippen molar-refractivity contribution in [2.24, 2.45) is 0 Å². The summed E-state index contributed by atoms with van der Waals surface area (Å²) in [5.74, 6) is 0.451. The van der Waals surface area contributed by atoms with Gasteiger partial charge in [-0.15, -0.1) is 11.8 Å². The summed E-state index contributed by atoms with van der Waals surface area (Å²) in [4.78, 5) is 14.2. The fourth-order valence-corrected chi connectivity index (χ4v) is 5.60. The number of hydrogen-bond acceptors (Lipinski definition) is 4. The molecule has 0 unspecified atom stereocenters. The fraction of sp³-hybridized carbons (Fsp3) is 0.0741. The number of carbonyl (C=O) groups is 1. The summed E-state index contributed by atoms with van der Waals surface area (Å²) in [6.07, 6.45) is 0. The van der Waals surface area contributed by atoms with Crippen molar-refractivity contribution in [3.05, 3.63) is 119 Å².